The normalized spacial score (nSPS) is 21.1. The second-order valence-electron chi connectivity index (χ2n) is 10.4. The summed E-state index contributed by atoms with van der Waals surface area (Å²) in [5, 5.41) is 25.5. The minimum atomic E-state index is -0.940. The maximum absolute atomic E-state index is 13.9. The molecule has 0 aromatic heterocycles. The predicted molar refractivity (Wildman–Crippen MR) is 145 cm³/mol. The van der Waals surface area contributed by atoms with Crippen LogP contribution in [0, 0.1) is 10.1 Å². The highest BCUT2D eigenvalue weighted by atomic mass is 16.6. The third-order valence-electron chi connectivity index (χ3n) is 8.03. The SMILES string of the molecule is COc1ccccc1[C@H]1CC(=O)C2=C(C1)NC(C)=C(C(=O)OC1CCCC1)[C@H]2c1cc(OC)c(O)c([N+](=O)[O-])c1. The van der Waals surface area contributed by atoms with Gasteiger partial charge in [0.2, 0.25) is 5.75 Å². The van der Waals surface area contributed by atoms with E-state index in [2.05, 4.69) is 5.32 Å². The number of carbonyl (C=O) groups excluding carboxylic acids is 2. The summed E-state index contributed by atoms with van der Waals surface area (Å²) in [6, 6.07) is 10.2. The lowest BCUT2D eigenvalue weighted by molar-refractivity contribution is -0.386. The molecule has 2 atom stereocenters. The van der Waals surface area contributed by atoms with Gasteiger partial charge in [0.15, 0.2) is 11.5 Å². The maximum atomic E-state index is 13.9. The van der Waals surface area contributed by atoms with E-state index in [0.717, 1.165) is 31.2 Å². The molecule has 0 saturated heterocycles. The quantitative estimate of drug-likeness (QED) is 0.273. The number of aromatic hydroxyl groups is 1. The van der Waals surface area contributed by atoms with Gasteiger partial charge in [0.25, 0.3) is 0 Å². The molecular formula is C30H32N2O8. The molecular weight excluding hydrogens is 516 g/mol. The van der Waals surface area contributed by atoms with E-state index in [-0.39, 0.29) is 41.1 Å². The lowest BCUT2D eigenvalue weighted by atomic mass is 9.71. The van der Waals surface area contributed by atoms with E-state index in [0.29, 0.717) is 29.1 Å². The molecule has 1 saturated carbocycles. The first kappa shape index (κ1) is 27.2. The van der Waals surface area contributed by atoms with Crippen molar-refractivity contribution in [3.05, 3.63) is 80.2 Å². The molecule has 1 aliphatic heterocycles. The fourth-order valence-corrected chi connectivity index (χ4v) is 6.16. The number of hydrogen-bond donors (Lipinski definition) is 2. The first-order valence-corrected chi connectivity index (χ1v) is 13.4. The molecule has 0 unspecified atom stereocenters. The largest absolute Gasteiger partial charge is 0.500 e. The molecule has 1 heterocycles. The van der Waals surface area contributed by atoms with Crippen LogP contribution in [0.4, 0.5) is 5.69 Å². The Bertz CT molecular complexity index is 1440. The van der Waals surface area contributed by atoms with Gasteiger partial charge >= 0.3 is 11.7 Å². The molecule has 2 aliphatic carbocycles. The van der Waals surface area contributed by atoms with Gasteiger partial charge in [-0.15, -0.1) is 0 Å². The van der Waals surface area contributed by atoms with E-state index in [4.69, 9.17) is 14.2 Å². The highest BCUT2D eigenvalue weighted by Gasteiger charge is 2.43. The molecule has 2 aromatic rings. The molecule has 0 radical (unpaired) electrons. The van der Waals surface area contributed by atoms with Gasteiger partial charge in [-0.2, -0.15) is 0 Å². The van der Waals surface area contributed by atoms with Crippen molar-refractivity contribution in [1.29, 1.82) is 0 Å². The number of para-hydroxylation sites is 1. The number of esters is 1. The summed E-state index contributed by atoms with van der Waals surface area (Å²) < 4.78 is 16.7. The van der Waals surface area contributed by atoms with Crippen LogP contribution in [0.2, 0.25) is 0 Å². The number of nitro benzene ring substituents is 1. The number of carbonyl (C=O) groups is 2. The van der Waals surface area contributed by atoms with E-state index >= 15 is 0 Å². The average Bonchev–Trinajstić information content (AvgIpc) is 3.45. The van der Waals surface area contributed by atoms with Crippen molar-refractivity contribution < 1.29 is 33.8 Å². The summed E-state index contributed by atoms with van der Waals surface area (Å²) in [5.74, 6) is -1.93. The van der Waals surface area contributed by atoms with Crippen molar-refractivity contribution >= 4 is 17.4 Å². The van der Waals surface area contributed by atoms with Crippen LogP contribution >= 0.6 is 0 Å². The Kier molecular flexibility index (Phi) is 7.51. The number of methoxy groups -OCH3 is 2. The molecule has 3 aliphatic rings. The monoisotopic (exact) mass is 548 g/mol. The van der Waals surface area contributed by atoms with Crippen LogP contribution in [0.3, 0.4) is 0 Å². The van der Waals surface area contributed by atoms with Crippen molar-refractivity contribution in [2.75, 3.05) is 14.2 Å². The van der Waals surface area contributed by atoms with Crippen LogP contribution in [0.5, 0.6) is 17.2 Å². The number of dihydropyridines is 1. The van der Waals surface area contributed by atoms with Crippen LogP contribution in [0.1, 0.15) is 68.4 Å². The van der Waals surface area contributed by atoms with Crippen molar-refractivity contribution in [3.63, 3.8) is 0 Å². The number of phenols is 1. The molecule has 5 rings (SSSR count). The Balaban J connectivity index is 1.64. The van der Waals surface area contributed by atoms with Gasteiger partial charge in [-0.25, -0.2) is 4.79 Å². The number of rotatable bonds is 7. The first-order chi connectivity index (χ1) is 19.2. The third kappa shape index (κ3) is 4.89. The van der Waals surface area contributed by atoms with Gasteiger partial charge in [0.1, 0.15) is 11.9 Å². The predicted octanol–water partition coefficient (Wildman–Crippen LogP) is 5.17. The van der Waals surface area contributed by atoms with Crippen LogP contribution in [-0.4, -0.2) is 42.1 Å². The minimum absolute atomic E-state index is 0.124. The smallest absolute Gasteiger partial charge is 0.337 e. The van der Waals surface area contributed by atoms with E-state index in [9.17, 15) is 24.8 Å². The van der Waals surface area contributed by atoms with Crippen LogP contribution in [0.25, 0.3) is 0 Å². The number of Topliss-reactive ketones (excluding diaryl/α,β-unsaturated/α-hetero) is 1. The number of nitrogens with one attached hydrogen (secondary N) is 1. The molecule has 2 N–H and O–H groups in total. The fourth-order valence-electron chi connectivity index (χ4n) is 6.16. The number of ketones is 1. The Hall–Kier alpha value is -4.34. The van der Waals surface area contributed by atoms with Gasteiger partial charge < -0.3 is 24.6 Å². The molecule has 40 heavy (non-hydrogen) atoms. The summed E-state index contributed by atoms with van der Waals surface area (Å²) in [7, 11) is 2.87. The van der Waals surface area contributed by atoms with Crippen LogP contribution in [0.15, 0.2) is 58.9 Å². The topological polar surface area (TPSA) is 137 Å². The zero-order chi connectivity index (χ0) is 28.6. The number of nitro groups is 1. The van der Waals surface area contributed by atoms with E-state index < -0.39 is 28.2 Å². The van der Waals surface area contributed by atoms with Crippen LogP contribution < -0.4 is 14.8 Å². The van der Waals surface area contributed by atoms with Gasteiger partial charge in [-0.05, 0) is 62.3 Å². The highest BCUT2D eigenvalue weighted by Crippen LogP contribution is 2.49. The fraction of sp³-hybridized carbons (Fsp3) is 0.400. The van der Waals surface area contributed by atoms with Crippen LogP contribution in [-0.2, 0) is 14.3 Å². The van der Waals surface area contributed by atoms with Crippen molar-refractivity contribution in [2.45, 2.75) is 63.4 Å². The summed E-state index contributed by atoms with van der Waals surface area (Å²) in [5.41, 5.74) is 2.34. The van der Waals surface area contributed by atoms with Gasteiger partial charge in [-0.3, -0.25) is 14.9 Å². The second kappa shape index (κ2) is 11.0. The number of allylic oxidation sites excluding steroid dienone is 3. The lowest BCUT2D eigenvalue weighted by Crippen LogP contribution is -2.36. The zero-order valence-corrected chi connectivity index (χ0v) is 22.7. The molecule has 2 aromatic carbocycles. The minimum Gasteiger partial charge on any atom is -0.500 e. The second-order valence-corrected chi connectivity index (χ2v) is 10.4. The van der Waals surface area contributed by atoms with Gasteiger partial charge in [0, 0.05) is 41.3 Å². The molecule has 0 bridgehead atoms. The van der Waals surface area contributed by atoms with Gasteiger partial charge in [-0.1, -0.05) is 18.2 Å². The number of benzene rings is 2. The Morgan fingerprint density at radius 3 is 2.45 bits per heavy atom. The average molecular weight is 549 g/mol. The standard InChI is InChI=1S/C30H32N2O8/c1-16-26(30(35)40-19-8-4-5-9-19)27(18-13-22(32(36)37)29(34)25(15-18)39-3)28-21(31-16)12-17(14-23(28)33)20-10-6-7-11-24(20)38-2/h6-7,10-11,13,15,17,19,27,31,34H,4-5,8-9,12,14H2,1-3H3/t17-,27-/m1/s1. The summed E-state index contributed by atoms with van der Waals surface area (Å²) in [4.78, 5) is 38.7. The Morgan fingerprint density at radius 1 is 1.07 bits per heavy atom. The first-order valence-electron chi connectivity index (χ1n) is 13.4. The molecule has 0 amide bonds. The number of phenolic OH excluding ortho intramolecular Hbond substituents is 1. The lowest BCUT2D eigenvalue weighted by Gasteiger charge is -2.37. The molecule has 10 heteroatoms. The Morgan fingerprint density at radius 2 is 1.77 bits per heavy atom. The van der Waals surface area contributed by atoms with E-state index in [1.165, 1.54) is 19.2 Å². The zero-order valence-electron chi connectivity index (χ0n) is 22.7. The number of nitrogens with zero attached hydrogens (tertiary/aromatic N) is 1. The van der Waals surface area contributed by atoms with Crippen molar-refractivity contribution in [1.82, 2.24) is 5.32 Å². The van der Waals surface area contributed by atoms with Gasteiger partial charge in [0.05, 0.1) is 24.7 Å². The van der Waals surface area contributed by atoms with Crippen molar-refractivity contribution in [2.24, 2.45) is 0 Å². The van der Waals surface area contributed by atoms with E-state index in [1.807, 2.05) is 24.3 Å². The number of ether oxygens (including phenoxy) is 3. The molecule has 10 nitrogen and oxygen atoms in total. The summed E-state index contributed by atoms with van der Waals surface area (Å²) >= 11 is 0. The highest BCUT2D eigenvalue weighted by molar-refractivity contribution is 6.04. The summed E-state index contributed by atoms with van der Waals surface area (Å²) in [6.45, 7) is 1.74. The summed E-state index contributed by atoms with van der Waals surface area (Å²) in [6.07, 6.45) is 3.89. The molecule has 210 valence electrons. The van der Waals surface area contributed by atoms with Crippen molar-refractivity contribution in [3.8, 4) is 17.2 Å². The number of hydrogen-bond acceptors (Lipinski definition) is 9. The third-order valence-corrected chi connectivity index (χ3v) is 8.03. The van der Waals surface area contributed by atoms with E-state index in [1.54, 1.807) is 14.0 Å². The molecule has 1 fully saturated rings. The molecule has 0 spiro atoms. The maximum Gasteiger partial charge on any atom is 0.337 e. The Labute approximate surface area is 231 Å².